The first kappa shape index (κ1) is 10.7. The first-order valence-corrected chi connectivity index (χ1v) is 4.85. The van der Waals surface area contributed by atoms with Crippen LogP contribution in [-0.4, -0.2) is 4.98 Å². The van der Waals surface area contributed by atoms with E-state index in [-0.39, 0.29) is 0 Å². The molecule has 0 bridgehead atoms. The van der Waals surface area contributed by atoms with Crippen molar-refractivity contribution in [2.75, 3.05) is 0 Å². The molecule has 1 aromatic heterocycles. The van der Waals surface area contributed by atoms with Crippen LogP contribution in [0.5, 0.6) is 0 Å². The third-order valence-corrected chi connectivity index (χ3v) is 2.38. The lowest BCUT2D eigenvalue weighted by atomic mass is 9.87. The molecule has 0 amide bonds. The van der Waals surface area contributed by atoms with Crippen LogP contribution in [0.25, 0.3) is 0 Å². The molecule has 14 heavy (non-hydrogen) atoms. The zero-order chi connectivity index (χ0) is 10.8. The van der Waals surface area contributed by atoms with E-state index in [4.69, 9.17) is 5.26 Å². The summed E-state index contributed by atoms with van der Waals surface area (Å²) < 4.78 is 0. The Morgan fingerprint density at radius 1 is 1.36 bits per heavy atom. The van der Waals surface area contributed by atoms with Crippen molar-refractivity contribution in [1.82, 2.24) is 4.98 Å². The number of aromatic nitrogens is 1. The molecule has 0 saturated carbocycles. The van der Waals surface area contributed by atoms with Crippen LogP contribution in [0.2, 0.25) is 0 Å². The van der Waals surface area contributed by atoms with E-state index in [9.17, 15) is 0 Å². The maximum atomic E-state index is 8.95. The Morgan fingerprint density at radius 2 is 2.00 bits per heavy atom. The highest BCUT2D eigenvalue weighted by atomic mass is 14.7. The van der Waals surface area contributed by atoms with Crippen LogP contribution >= 0.6 is 0 Å². The van der Waals surface area contributed by atoms with Gasteiger partial charge in [-0.15, -0.1) is 0 Å². The Morgan fingerprint density at radius 3 is 2.36 bits per heavy atom. The fourth-order valence-electron chi connectivity index (χ4n) is 1.18. The molecule has 0 atom stereocenters. The van der Waals surface area contributed by atoms with Gasteiger partial charge in [0.25, 0.3) is 0 Å². The van der Waals surface area contributed by atoms with Gasteiger partial charge in [0.05, 0.1) is 11.5 Å². The van der Waals surface area contributed by atoms with Crippen molar-refractivity contribution in [3.63, 3.8) is 0 Å². The smallest absolute Gasteiger partial charge is 0.0781 e. The highest BCUT2D eigenvalue weighted by Gasteiger charge is 2.19. The monoisotopic (exact) mass is 188 g/mol. The van der Waals surface area contributed by atoms with Gasteiger partial charge in [-0.25, -0.2) is 0 Å². The van der Waals surface area contributed by atoms with E-state index < -0.39 is 5.41 Å². The molecule has 0 aromatic carbocycles. The van der Waals surface area contributed by atoms with Gasteiger partial charge in [0.15, 0.2) is 0 Å². The van der Waals surface area contributed by atoms with Gasteiger partial charge in [0, 0.05) is 11.9 Å². The standard InChI is InChI=1S/C12H16N2/c1-9(2)11-6-5-10(7-14-11)12(3,4)8-13/h5-7,9H,1-4H3. The molecule has 1 aromatic rings. The zero-order valence-electron chi connectivity index (χ0n) is 9.20. The second-order valence-corrected chi connectivity index (χ2v) is 4.36. The van der Waals surface area contributed by atoms with E-state index in [0.29, 0.717) is 5.92 Å². The summed E-state index contributed by atoms with van der Waals surface area (Å²) >= 11 is 0. The van der Waals surface area contributed by atoms with Gasteiger partial charge in [-0.1, -0.05) is 19.9 Å². The van der Waals surface area contributed by atoms with Gasteiger partial charge in [-0.2, -0.15) is 5.26 Å². The van der Waals surface area contributed by atoms with Gasteiger partial charge in [0.2, 0.25) is 0 Å². The van der Waals surface area contributed by atoms with E-state index >= 15 is 0 Å². The van der Waals surface area contributed by atoms with Crippen molar-refractivity contribution in [2.45, 2.75) is 39.0 Å². The predicted octanol–water partition coefficient (Wildman–Crippen LogP) is 3.01. The molecule has 0 N–H and O–H groups in total. The SMILES string of the molecule is CC(C)c1ccc(C(C)(C)C#N)cn1. The number of hydrogen-bond acceptors (Lipinski definition) is 2. The van der Waals surface area contributed by atoms with Gasteiger partial charge < -0.3 is 0 Å². The molecule has 2 heteroatoms. The van der Waals surface area contributed by atoms with E-state index in [1.165, 1.54) is 0 Å². The summed E-state index contributed by atoms with van der Waals surface area (Å²) in [5.74, 6) is 0.439. The summed E-state index contributed by atoms with van der Waals surface area (Å²) in [5, 5.41) is 8.95. The van der Waals surface area contributed by atoms with Gasteiger partial charge in [-0.3, -0.25) is 4.98 Å². The summed E-state index contributed by atoms with van der Waals surface area (Å²) in [6, 6.07) is 6.26. The topological polar surface area (TPSA) is 36.7 Å². The number of nitriles is 1. The number of hydrogen-bond donors (Lipinski definition) is 0. The molecule has 0 saturated heterocycles. The van der Waals surface area contributed by atoms with Crippen LogP contribution in [0.15, 0.2) is 18.3 Å². The molecule has 0 spiro atoms. The Bertz CT molecular complexity index is 342. The van der Waals surface area contributed by atoms with Gasteiger partial charge in [-0.05, 0) is 31.4 Å². The minimum atomic E-state index is -0.442. The Balaban J connectivity index is 3.01. The van der Waals surface area contributed by atoms with E-state index in [1.807, 2.05) is 26.0 Å². The lowest BCUT2D eigenvalue weighted by molar-refractivity contribution is 0.678. The second-order valence-electron chi connectivity index (χ2n) is 4.36. The minimum absolute atomic E-state index is 0.439. The average Bonchev–Trinajstić information content (AvgIpc) is 2.18. The predicted molar refractivity (Wildman–Crippen MR) is 57.0 cm³/mol. The summed E-state index contributed by atoms with van der Waals surface area (Å²) in [4.78, 5) is 4.34. The summed E-state index contributed by atoms with van der Waals surface area (Å²) in [6.07, 6.45) is 1.80. The lowest BCUT2D eigenvalue weighted by Crippen LogP contribution is -2.14. The van der Waals surface area contributed by atoms with Crippen molar-refractivity contribution in [3.05, 3.63) is 29.6 Å². The van der Waals surface area contributed by atoms with Crippen molar-refractivity contribution >= 4 is 0 Å². The largest absolute Gasteiger partial charge is 0.261 e. The van der Waals surface area contributed by atoms with Crippen molar-refractivity contribution in [3.8, 4) is 6.07 Å². The summed E-state index contributed by atoms with van der Waals surface area (Å²) in [7, 11) is 0. The van der Waals surface area contributed by atoms with Crippen LogP contribution in [-0.2, 0) is 5.41 Å². The maximum Gasteiger partial charge on any atom is 0.0781 e. The van der Waals surface area contributed by atoms with Crippen molar-refractivity contribution in [1.29, 1.82) is 5.26 Å². The lowest BCUT2D eigenvalue weighted by Gasteiger charge is -2.15. The molecule has 0 unspecified atom stereocenters. The molecular weight excluding hydrogens is 172 g/mol. The number of nitrogens with zero attached hydrogens (tertiary/aromatic N) is 2. The number of rotatable bonds is 2. The quantitative estimate of drug-likeness (QED) is 0.715. The normalized spacial score (nSPS) is 11.4. The average molecular weight is 188 g/mol. The molecule has 1 heterocycles. The molecule has 0 fully saturated rings. The second kappa shape index (κ2) is 3.79. The molecular formula is C12H16N2. The van der Waals surface area contributed by atoms with Crippen molar-refractivity contribution in [2.24, 2.45) is 0 Å². The third-order valence-electron chi connectivity index (χ3n) is 2.38. The minimum Gasteiger partial charge on any atom is -0.261 e. The highest BCUT2D eigenvalue weighted by molar-refractivity contribution is 5.29. The summed E-state index contributed by atoms with van der Waals surface area (Å²) in [6.45, 7) is 8.02. The van der Waals surface area contributed by atoms with Crippen LogP contribution in [0, 0.1) is 11.3 Å². The third kappa shape index (κ3) is 2.11. The number of pyridine rings is 1. The van der Waals surface area contributed by atoms with E-state index in [1.54, 1.807) is 6.20 Å². The molecule has 0 aliphatic heterocycles. The maximum absolute atomic E-state index is 8.95. The molecule has 0 aliphatic rings. The molecule has 0 aliphatic carbocycles. The van der Waals surface area contributed by atoms with E-state index in [2.05, 4.69) is 24.9 Å². The fraction of sp³-hybridized carbons (Fsp3) is 0.500. The highest BCUT2D eigenvalue weighted by Crippen LogP contribution is 2.22. The van der Waals surface area contributed by atoms with Crippen molar-refractivity contribution < 1.29 is 0 Å². The van der Waals surface area contributed by atoms with Crippen LogP contribution in [0.3, 0.4) is 0 Å². The van der Waals surface area contributed by atoms with Crippen LogP contribution < -0.4 is 0 Å². The summed E-state index contributed by atoms with van der Waals surface area (Å²) in [5.41, 5.74) is 1.61. The van der Waals surface area contributed by atoms with Gasteiger partial charge in [0.1, 0.15) is 0 Å². The molecule has 2 nitrogen and oxygen atoms in total. The van der Waals surface area contributed by atoms with Gasteiger partial charge >= 0.3 is 0 Å². The molecule has 74 valence electrons. The first-order valence-electron chi connectivity index (χ1n) is 4.85. The van der Waals surface area contributed by atoms with E-state index in [0.717, 1.165) is 11.3 Å². The Labute approximate surface area is 85.6 Å². The Kier molecular flexibility index (Phi) is 2.90. The van der Waals surface area contributed by atoms with Crippen LogP contribution in [0.1, 0.15) is 44.9 Å². The first-order chi connectivity index (χ1) is 6.47. The Hall–Kier alpha value is -1.36. The molecule has 1 rings (SSSR count). The zero-order valence-corrected chi connectivity index (χ0v) is 9.20. The molecule has 0 radical (unpaired) electrons. The van der Waals surface area contributed by atoms with Crippen LogP contribution in [0.4, 0.5) is 0 Å². The fourth-order valence-corrected chi connectivity index (χ4v) is 1.18.